The van der Waals surface area contributed by atoms with E-state index in [9.17, 15) is 4.39 Å². The van der Waals surface area contributed by atoms with E-state index in [4.69, 9.17) is 0 Å². The third-order valence-electron chi connectivity index (χ3n) is 2.01. The first kappa shape index (κ1) is 8.63. The zero-order valence-corrected chi connectivity index (χ0v) is 8.36. The predicted molar refractivity (Wildman–Crippen MR) is 53.7 cm³/mol. The number of aromatic nitrogens is 1. The van der Waals surface area contributed by atoms with Crippen LogP contribution in [0.5, 0.6) is 0 Å². The van der Waals surface area contributed by atoms with Gasteiger partial charge >= 0.3 is 0 Å². The van der Waals surface area contributed by atoms with Crippen LogP contribution in [0.2, 0.25) is 0 Å². The molecule has 2 rings (SSSR count). The number of hydrogen-bond donors (Lipinski definition) is 0. The van der Waals surface area contributed by atoms with Crippen molar-refractivity contribution in [3.8, 4) is 0 Å². The SMILES string of the molecule is CC(C)c1nsc2ccc(F)cc12. The van der Waals surface area contributed by atoms with Crippen LogP contribution in [-0.2, 0) is 0 Å². The second-order valence-electron chi connectivity index (χ2n) is 3.36. The molecule has 68 valence electrons. The maximum absolute atomic E-state index is 12.9. The van der Waals surface area contributed by atoms with Crippen LogP contribution in [0.3, 0.4) is 0 Å². The Hall–Kier alpha value is -0.960. The lowest BCUT2D eigenvalue weighted by Crippen LogP contribution is -1.87. The van der Waals surface area contributed by atoms with Gasteiger partial charge in [0.2, 0.25) is 0 Å². The third-order valence-corrected chi connectivity index (χ3v) is 2.85. The average Bonchev–Trinajstić information content (AvgIpc) is 2.46. The van der Waals surface area contributed by atoms with E-state index in [1.54, 1.807) is 12.1 Å². The molecule has 13 heavy (non-hydrogen) atoms. The first-order valence-electron chi connectivity index (χ1n) is 4.23. The smallest absolute Gasteiger partial charge is 0.123 e. The minimum Gasteiger partial charge on any atom is -0.207 e. The minimum atomic E-state index is -0.186. The van der Waals surface area contributed by atoms with Gasteiger partial charge in [0.15, 0.2) is 0 Å². The van der Waals surface area contributed by atoms with Crippen molar-refractivity contribution in [2.45, 2.75) is 19.8 Å². The molecule has 0 atom stereocenters. The summed E-state index contributed by atoms with van der Waals surface area (Å²) >= 11 is 1.43. The molecule has 0 aliphatic rings. The second-order valence-corrected chi connectivity index (χ2v) is 4.17. The quantitative estimate of drug-likeness (QED) is 0.678. The molecule has 0 aliphatic carbocycles. The maximum atomic E-state index is 12.9. The summed E-state index contributed by atoms with van der Waals surface area (Å²) in [6.45, 7) is 4.14. The van der Waals surface area contributed by atoms with Crippen molar-refractivity contribution in [2.24, 2.45) is 0 Å². The Morgan fingerprint density at radius 1 is 1.38 bits per heavy atom. The van der Waals surface area contributed by atoms with Gasteiger partial charge in [-0.2, -0.15) is 4.37 Å². The number of nitrogens with zero attached hydrogens (tertiary/aromatic N) is 1. The van der Waals surface area contributed by atoms with E-state index in [1.807, 2.05) is 0 Å². The number of benzene rings is 1. The monoisotopic (exact) mass is 195 g/mol. The summed E-state index contributed by atoms with van der Waals surface area (Å²) in [4.78, 5) is 0. The lowest BCUT2D eigenvalue weighted by Gasteiger charge is -1.99. The first-order chi connectivity index (χ1) is 6.18. The number of halogens is 1. The first-order valence-corrected chi connectivity index (χ1v) is 5.00. The Kier molecular flexibility index (Phi) is 2.04. The lowest BCUT2D eigenvalue weighted by molar-refractivity contribution is 0.629. The molecule has 3 heteroatoms. The molecule has 0 bridgehead atoms. The zero-order chi connectivity index (χ0) is 9.42. The van der Waals surface area contributed by atoms with Crippen molar-refractivity contribution in [3.63, 3.8) is 0 Å². The fourth-order valence-corrected chi connectivity index (χ4v) is 2.24. The van der Waals surface area contributed by atoms with Crippen molar-refractivity contribution in [1.29, 1.82) is 0 Å². The van der Waals surface area contributed by atoms with Crippen molar-refractivity contribution >= 4 is 21.6 Å². The minimum absolute atomic E-state index is 0.186. The van der Waals surface area contributed by atoms with Crippen LogP contribution < -0.4 is 0 Å². The Balaban J connectivity index is 2.71. The second kappa shape index (κ2) is 3.07. The van der Waals surface area contributed by atoms with Gasteiger partial charge in [0.25, 0.3) is 0 Å². The molecule has 1 nitrogen and oxygen atoms in total. The molecule has 2 aromatic rings. The summed E-state index contributed by atoms with van der Waals surface area (Å²) in [5.41, 5.74) is 1.000. The molecule has 1 aromatic heterocycles. The zero-order valence-electron chi connectivity index (χ0n) is 7.54. The molecule has 0 unspecified atom stereocenters. The lowest BCUT2D eigenvalue weighted by atomic mass is 10.1. The number of fused-ring (bicyclic) bond motifs is 1. The molecule has 0 saturated heterocycles. The van der Waals surface area contributed by atoms with Gasteiger partial charge in [-0.25, -0.2) is 4.39 Å². The number of hydrogen-bond acceptors (Lipinski definition) is 2. The molecule has 0 fully saturated rings. The van der Waals surface area contributed by atoms with Gasteiger partial charge in [-0.3, -0.25) is 0 Å². The van der Waals surface area contributed by atoms with Crippen LogP contribution in [0.15, 0.2) is 18.2 Å². The Labute approximate surface area is 80.4 Å². The summed E-state index contributed by atoms with van der Waals surface area (Å²) < 4.78 is 18.3. The normalized spacial score (nSPS) is 11.4. The van der Waals surface area contributed by atoms with E-state index in [-0.39, 0.29) is 5.82 Å². The summed E-state index contributed by atoms with van der Waals surface area (Å²) in [5.74, 6) is 0.171. The maximum Gasteiger partial charge on any atom is 0.123 e. The van der Waals surface area contributed by atoms with Gasteiger partial charge in [-0.1, -0.05) is 13.8 Å². The molecular formula is C10H10FNS. The molecule has 0 amide bonds. The van der Waals surface area contributed by atoms with Gasteiger partial charge in [0.1, 0.15) is 5.82 Å². The molecule has 0 N–H and O–H groups in total. The van der Waals surface area contributed by atoms with Crippen molar-refractivity contribution in [3.05, 3.63) is 29.7 Å². The van der Waals surface area contributed by atoms with Crippen molar-refractivity contribution < 1.29 is 4.39 Å². The van der Waals surface area contributed by atoms with E-state index in [0.717, 1.165) is 15.8 Å². The molecule has 0 spiro atoms. The fraction of sp³-hybridized carbons (Fsp3) is 0.300. The van der Waals surface area contributed by atoms with Crippen LogP contribution >= 0.6 is 11.5 Å². The molecule has 0 saturated carbocycles. The highest BCUT2D eigenvalue weighted by molar-refractivity contribution is 7.13. The van der Waals surface area contributed by atoms with Crippen LogP contribution in [0.4, 0.5) is 4.39 Å². The Bertz CT molecular complexity index is 433. The van der Waals surface area contributed by atoms with Crippen LogP contribution in [0.1, 0.15) is 25.5 Å². The van der Waals surface area contributed by atoms with Crippen molar-refractivity contribution in [1.82, 2.24) is 4.37 Å². The van der Waals surface area contributed by atoms with E-state index in [1.165, 1.54) is 17.6 Å². The average molecular weight is 195 g/mol. The fourth-order valence-electron chi connectivity index (χ4n) is 1.35. The van der Waals surface area contributed by atoms with Crippen LogP contribution in [-0.4, -0.2) is 4.37 Å². The Morgan fingerprint density at radius 3 is 2.85 bits per heavy atom. The van der Waals surface area contributed by atoms with Crippen LogP contribution in [0, 0.1) is 5.82 Å². The Morgan fingerprint density at radius 2 is 2.15 bits per heavy atom. The highest BCUT2D eigenvalue weighted by atomic mass is 32.1. The summed E-state index contributed by atoms with van der Waals surface area (Å²) in [6, 6.07) is 4.83. The van der Waals surface area contributed by atoms with Gasteiger partial charge in [-0.05, 0) is 35.6 Å². The van der Waals surface area contributed by atoms with Gasteiger partial charge in [-0.15, -0.1) is 0 Å². The van der Waals surface area contributed by atoms with E-state index in [2.05, 4.69) is 18.2 Å². The summed E-state index contributed by atoms with van der Waals surface area (Å²) in [6.07, 6.45) is 0. The van der Waals surface area contributed by atoms with Gasteiger partial charge in [0.05, 0.1) is 10.4 Å². The molecule has 0 aliphatic heterocycles. The highest BCUT2D eigenvalue weighted by Crippen LogP contribution is 2.28. The topological polar surface area (TPSA) is 12.9 Å². The van der Waals surface area contributed by atoms with Gasteiger partial charge in [0, 0.05) is 5.39 Å². The summed E-state index contributed by atoms with van der Waals surface area (Å²) in [7, 11) is 0. The summed E-state index contributed by atoms with van der Waals surface area (Å²) in [5, 5.41) is 0.958. The van der Waals surface area contributed by atoms with E-state index >= 15 is 0 Å². The van der Waals surface area contributed by atoms with E-state index in [0.29, 0.717) is 5.92 Å². The van der Waals surface area contributed by atoms with Gasteiger partial charge < -0.3 is 0 Å². The molecule has 1 aromatic carbocycles. The molecule has 0 radical (unpaired) electrons. The van der Waals surface area contributed by atoms with E-state index < -0.39 is 0 Å². The third kappa shape index (κ3) is 1.44. The molecule has 1 heterocycles. The number of rotatable bonds is 1. The van der Waals surface area contributed by atoms with Crippen LogP contribution in [0.25, 0.3) is 10.1 Å². The predicted octanol–water partition coefficient (Wildman–Crippen LogP) is 3.56. The van der Waals surface area contributed by atoms with Crippen molar-refractivity contribution in [2.75, 3.05) is 0 Å². The molecular weight excluding hydrogens is 185 g/mol. The highest BCUT2D eigenvalue weighted by Gasteiger charge is 2.09. The standard InChI is InChI=1S/C10H10FNS/c1-6(2)10-8-5-7(11)3-4-9(8)13-12-10/h3-6H,1-2H3. The largest absolute Gasteiger partial charge is 0.207 e.